The van der Waals surface area contributed by atoms with Crippen LogP contribution in [0.4, 0.5) is 24.5 Å². The summed E-state index contributed by atoms with van der Waals surface area (Å²) in [5.41, 5.74) is 5.89. The van der Waals surface area contributed by atoms with Gasteiger partial charge in [0.15, 0.2) is 0 Å². The van der Waals surface area contributed by atoms with Crippen molar-refractivity contribution in [1.29, 1.82) is 0 Å². The molecule has 0 atom stereocenters. The fraction of sp³-hybridized carbons (Fsp3) is 0.133. The van der Waals surface area contributed by atoms with Crippen LogP contribution in [0.3, 0.4) is 0 Å². The molecule has 0 saturated heterocycles. The number of nitrogens with two attached hydrogens (primary N) is 1. The highest BCUT2D eigenvalue weighted by Crippen LogP contribution is 2.31. The maximum absolute atomic E-state index is 12.7. The van der Waals surface area contributed by atoms with Crippen molar-refractivity contribution in [3.8, 4) is 0 Å². The first-order chi connectivity index (χ1) is 9.77. The van der Waals surface area contributed by atoms with Gasteiger partial charge in [-0.1, -0.05) is 12.1 Å². The van der Waals surface area contributed by atoms with Crippen LogP contribution in [0.15, 0.2) is 42.5 Å². The van der Waals surface area contributed by atoms with E-state index in [2.05, 4.69) is 5.32 Å². The van der Waals surface area contributed by atoms with E-state index in [0.717, 1.165) is 23.8 Å². The zero-order valence-electron chi connectivity index (χ0n) is 11.2. The van der Waals surface area contributed by atoms with Gasteiger partial charge in [-0.25, -0.2) is 0 Å². The average Bonchev–Trinajstić information content (AvgIpc) is 2.37. The van der Waals surface area contributed by atoms with Crippen molar-refractivity contribution in [3.05, 3.63) is 59.2 Å². The quantitative estimate of drug-likeness (QED) is 0.827. The largest absolute Gasteiger partial charge is 0.416 e. The Morgan fingerprint density at radius 2 is 1.86 bits per heavy atom. The molecule has 0 aliphatic rings. The number of rotatable bonds is 2. The van der Waals surface area contributed by atoms with Crippen LogP contribution >= 0.6 is 0 Å². The summed E-state index contributed by atoms with van der Waals surface area (Å²) in [5, 5.41) is 2.53. The summed E-state index contributed by atoms with van der Waals surface area (Å²) < 4.78 is 38.0. The highest BCUT2D eigenvalue weighted by atomic mass is 19.4. The van der Waals surface area contributed by atoms with Crippen LogP contribution in [0, 0.1) is 6.92 Å². The highest BCUT2D eigenvalue weighted by molar-refractivity contribution is 6.07. The molecule has 0 aliphatic carbocycles. The number of carbonyl (C=O) groups is 1. The maximum atomic E-state index is 12.7. The Bertz CT molecular complexity index is 681. The molecule has 2 rings (SSSR count). The van der Waals surface area contributed by atoms with E-state index in [9.17, 15) is 18.0 Å². The second-order valence-corrected chi connectivity index (χ2v) is 4.62. The standard InChI is InChI=1S/C15H13F3N2O/c1-9-3-2-4-11(7-9)20-14(21)12-8-10(15(16,17)18)5-6-13(12)19/h2-8H,19H2,1H3,(H,20,21). The number of benzene rings is 2. The molecular weight excluding hydrogens is 281 g/mol. The number of halogens is 3. The molecule has 0 aliphatic heterocycles. The van der Waals surface area contributed by atoms with Gasteiger partial charge in [0.25, 0.3) is 5.91 Å². The average molecular weight is 294 g/mol. The summed E-state index contributed by atoms with van der Waals surface area (Å²) in [4.78, 5) is 12.1. The first-order valence-electron chi connectivity index (χ1n) is 6.12. The van der Waals surface area contributed by atoms with Crippen LogP contribution in [-0.4, -0.2) is 5.91 Å². The SMILES string of the molecule is Cc1cccc(NC(=O)c2cc(C(F)(F)F)ccc2N)c1. The fourth-order valence-corrected chi connectivity index (χ4v) is 1.85. The van der Waals surface area contributed by atoms with Crippen LogP contribution in [-0.2, 0) is 6.18 Å². The monoisotopic (exact) mass is 294 g/mol. The van der Waals surface area contributed by atoms with Crippen molar-refractivity contribution >= 4 is 17.3 Å². The van der Waals surface area contributed by atoms with Crippen LogP contribution in [0.1, 0.15) is 21.5 Å². The molecule has 110 valence electrons. The number of amides is 1. The molecule has 0 spiro atoms. The molecule has 0 heterocycles. The lowest BCUT2D eigenvalue weighted by Gasteiger charge is -2.11. The first kappa shape index (κ1) is 14.9. The zero-order chi connectivity index (χ0) is 15.6. The maximum Gasteiger partial charge on any atom is 0.416 e. The highest BCUT2D eigenvalue weighted by Gasteiger charge is 2.31. The number of nitrogen functional groups attached to an aromatic ring is 1. The van der Waals surface area contributed by atoms with Gasteiger partial charge in [-0.3, -0.25) is 4.79 Å². The lowest BCUT2D eigenvalue weighted by Crippen LogP contribution is -2.16. The summed E-state index contributed by atoms with van der Waals surface area (Å²) in [6.45, 7) is 1.84. The number of hydrogen-bond donors (Lipinski definition) is 2. The predicted molar refractivity (Wildman–Crippen MR) is 75.0 cm³/mol. The molecule has 2 aromatic rings. The Morgan fingerprint density at radius 1 is 1.14 bits per heavy atom. The first-order valence-corrected chi connectivity index (χ1v) is 6.12. The molecule has 6 heteroatoms. The molecule has 21 heavy (non-hydrogen) atoms. The van der Waals surface area contributed by atoms with E-state index in [1.165, 1.54) is 0 Å². The summed E-state index contributed by atoms with van der Waals surface area (Å²) in [5.74, 6) is -0.677. The predicted octanol–water partition coefficient (Wildman–Crippen LogP) is 3.85. The molecule has 0 unspecified atom stereocenters. The third kappa shape index (κ3) is 3.53. The lowest BCUT2D eigenvalue weighted by atomic mass is 10.1. The number of anilines is 2. The van der Waals surface area contributed by atoms with Gasteiger partial charge in [0.1, 0.15) is 0 Å². The Labute approximate surface area is 119 Å². The molecule has 2 aromatic carbocycles. The summed E-state index contributed by atoms with van der Waals surface area (Å²) >= 11 is 0. The smallest absolute Gasteiger partial charge is 0.398 e. The fourth-order valence-electron chi connectivity index (χ4n) is 1.85. The van der Waals surface area contributed by atoms with Gasteiger partial charge in [-0.15, -0.1) is 0 Å². The van der Waals surface area contributed by atoms with E-state index in [0.29, 0.717) is 5.69 Å². The number of carbonyl (C=O) groups excluding carboxylic acids is 1. The van der Waals surface area contributed by atoms with Crippen LogP contribution in [0.2, 0.25) is 0 Å². The Hall–Kier alpha value is -2.50. The van der Waals surface area contributed by atoms with Crippen molar-refractivity contribution in [2.24, 2.45) is 0 Å². The van der Waals surface area contributed by atoms with Crippen molar-refractivity contribution in [3.63, 3.8) is 0 Å². The second-order valence-electron chi connectivity index (χ2n) is 4.62. The van der Waals surface area contributed by atoms with Gasteiger partial charge in [-0.2, -0.15) is 13.2 Å². The summed E-state index contributed by atoms with van der Waals surface area (Å²) in [7, 11) is 0. The van der Waals surface area contributed by atoms with E-state index < -0.39 is 17.6 Å². The van der Waals surface area contributed by atoms with Gasteiger partial charge in [0.2, 0.25) is 0 Å². The van der Waals surface area contributed by atoms with E-state index >= 15 is 0 Å². The van der Waals surface area contributed by atoms with Gasteiger partial charge in [0.05, 0.1) is 11.1 Å². The molecule has 0 saturated carbocycles. The van der Waals surface area contributed by atoms with Crippen LogP contribution in [0.25, 0.3) is 0 Å². The van der Waals surface area contributed by atoms with Crippen molar-refractivity contribution in [2.45, 2.75) is 13.1 Å². The lowest BCUT2D eigenvalue weighted by molar-refractivity contribution is -0.137. The molecule has 3 nitrogen and oxygen atoms in total. The van der Waals surface area contributed by atoms with Crippen molar-refractivity contribution in [2.75, 3.05) is 11.1 Å². The third-order valence-corrected chi connectivity index (χ3v) is 2.90. The minimum absolute atomic E-state index is 0.00634. The minimum Gasteiger partial charge on any atom is -0.398 e. The van der Waals surface area contributed by atoms with Crippen LogP contribution < -0.4 is 11.1 Å². The third-order valence-electron chi connectivity index (χ3n) is 2.90. The van der Waals surface area contributed by atoms with Crippen LogP contribution in [0.5, 0.6) is 0 Å². The van der Waals surface area contributed by atoms with Crippen molar-refractivity contribution < 1.29 is 18.0 Å². The molecule has 1 amide bonds. The number of aryl methyl sites for hydroxylation is 1. The molecule has 0 fully saturated rings. The normalized spacial score (nSPS) is 11.2. The van der Waals surface area contributed by atoms with E-state index in [4.69, 9.17) is 5.73 Å². The molecule has 0 radical (unpaired) electrons. The minimum atomic E-state index is -4.52. The Kier molecular flexibility index (Phi) is 3.88. The number of nitrogens with one attached hydrogen (secondary N) is 1. The van der Waals surface area contributed by atoms with Crippen molar-refractivity contribution in [1.82, 2.24) is 0 Å². The zero-order valence-corrected chi connectivity index (χ0v) is 11.2. The van der Waals surface area contributed by atoms with Gasteiger partial charge in [-0.05, 0) is 42.8 Å². The molecule has 0 aromatic heterocycles. The number of hydrogen-bond acceptors (Lipinski definition) is 2. The molecule has 0 bridgehead atoms. The summed E-state index contributed by atoms with van der Waals surface area (Å²) in [6, 6.07) is 9.61. The van der Waals surface area contributed by atoms with Gasteiger partial charge in [0, 0.05) is 11.4 Å². The van der Waals surface area contributed by atoms with Gasteiger partial charge < -0.3 is 11.1 Å². The second kappa shape index (κ2) is 5.47. The Balaban J connectivity index is 2.31. The Morgan fingerprint density at radius 3 is 2.48 bits per heavy atom. The molecule has 3 N–H and O–H groups in total. The molecular formula is C15H13F3N2O. The van der Waals surface area contributed by atoms with E-state index in [1.54, 1.807) is 18.2 Å². The van der Waals surface area contributed by atoms with E-state index in [1.807, 2.05) is 13.0 Å². The van der Waals surface area contributed by atoms with Gasteiger partial charge >= 0.3 is 6.18 Å². The number of alkyl halides is 3. The topological polar surface area (TPSA) is 55.1 Å². The van der Waals surface area contributed by atoms with E-state index in [-0.39, 0.29) is 11.3 Å². The summed E-state index contributed by atoms with van der Waals surface area (Å²) in [6.07, 6.45) is -4.52.